The molecule has 3 rings (SSSR count). The van der Waals surface area contributed by atoms with Crippen LogP contribution in [-0.2, 0) is 11.0 Å². The maximum Gasteiger partial charge on any atom is 0.419 e. The molecule has 114 valence electrons. The van der Waals surface area contributed by atoms with Gasteiger partial charge in [0.05, 0.1) is 16.7 Å². The molecule has 0 aliphatic carbocycles. The van der Waals surface area contributed by atoms with Crippen molar-refractivity contribution in [1.29, 1.82) is 0 Å². The molecule has 2 aliphatic rings. The van der Waals surface area contributed by atoms with Crippen LogP contribution in [0.2, 0.25) is 0 Å². The number of amides is 1. The molecule has 21 heavy (non-hydrogen) atoms. The summed E-state index contributed by atoms with van der Waals surface area (Å²) in [6, 6.07) is 1.28. The van der Waals surface area contributed by atoms with Crippen LogP contribution in [0.3, 0.4) is 0 Å². The third kappa shape index (κ3) is 2.39. The fourth-order valence-corrected chi connectivity index (χ4v) is 3.26. The number of aromatic nitrogens is 1. The molecule has 1 aromatic rings. The van der Waals surface area contributed by atoms with Crippen LogP contribution in [0.4, 0.5) is 18.9 Å². The van der Waals surface area contributed by atoms with Crippen LogP contribution in [0.1, 0.15) is 24.8 Å². The summed E-state index contributed by atoms with van der Waals surface area (Å²) in [4.78, 5) is 17.5. The van der Waals surface area contributed by atoms with Gasteiger partial charge in [-0.2, -0.15) is 13.2 Å². The average Bonchev–Trinajstić information content (AvgIpc) is 2.76. The van der Waals surface area contributed by atoms with Crippen LogP contribution in [0, 0.1) is 5.41 Å². The van der Waals surface area contributed by atoms with E-state index in [2.05, 4.69) is 10.3 Å². The molecule has 0 bridgehead atoms. The van der Waals surface area contributed by atoms with Crippen LogP contribution in [0.5, 0.6) is 0 Å². The number of carbonyl (C=O) groups is 1. The minimum Gasteiger partial charge on any atom is -0.317 e. The molecule has 3 heterocycles. The Morgan fingerprint density at radius 2 is 1.95 bits per heavy atom. The van der Waals surface area contributed by atoms with E-state index in [1.807, 2.05) is 0 Å². The van der Waals surface area contributed by atoms with Gasteiger partial charge in [0.1, 0.15) is 0 Å². The average molecular weight is 299 g/mol. The summed E-state index contributed by atoms with van der Waals surface area (Å²) < 4.78 is 39.2. The molecule has 4 nitrogen and oxygen atoms in total. The van der Waals surface area contributed by atoms with Crippen molar-refractivity contribution in [2.24, 2.45) is 5.41 Å². The smallest absolute Gasteiger partial charge is 0.317 e. The molecular formula is C14H16F3N3O. The van der Waals surface area contributed by atoms with Crippen LogP contribution >= 0.6 is 0 Å². The number of nitrogens with zero attached hydrogens (tertiary/aromatic N) is 2. The van der Waals surface area contributed by atoms with Gasteiger partial charge in [-0.05, 0) is 38.4 Å². The van der Waals surface area contributed by atoms with Crippen molar-refractivity contribution in [1.82, 2.24) is 10.3 Å². The van der Waals surface area contributed by atoms with Crippen molar-refractivity contribution >= 4 is 11.6 Å². The molecule has 1 aromatic heterocycles. The number of pyridine rings is 1. The summed E-state index contributed by atoms with van der Waals surface area (Å²) in [6.07, 6.45) is -0.425. The molecule has 1 N–H and O–H groups in total. The van der Waals surface area contributed by atoms with E-state index in [1.54, 1.807) is 0 Å². The van der Waals surface area contributed by atoms with Crippen molar-refractivity contribution in [3.63, 3.8) is 0 Å². The second-order valence-corrected chi connectivity index (χ2v) is 5.63. The highest BCUT2D eigenvalue weighted by atomic mass is 19.4. The molecule has 0 atom stereocenters. The Hall–Kier alpha value is -1.63. The first-order valence-corrected chi connectivity index (χ1v) is 6.98. The number of alkyl halides is 3. The number of carbonyl (C=O) groups excluding carboxylic acids is 1. The Labute approximate surface area is 120 Å². The highest BCUT2D eigenvalue weighted by molar-refractivity contribution is 6.00. The third-order valence-corrected chi connectivity index (χ3v) is 4.47. The van der Waals surface area contributed by atoms with E-state index >= 15 is 0 Å². The molecule has 7 heteroatoms. The van der Waals surface area contributed by atoms with Crippen molar-refractivity contribution in [3.8, 4) is 0 Å². The lowest BCUT2D eigenvalue weighted by Gasteiger charge is -2.32. The van der Waals surface area contributed by atoms with E-state index in [9.17, 15) is 18.0 Å². The number of hydrogen-bond acceptors (Lipinski definition) is 3. The minimum atomic E-state index is -4.51. The third-order valence-electron chi connectivity index (χ3n) is 4.47. The lowest BCUT2D eigenvalue weighted by Crippen LogP contribution is -2.43. The molecule has 0 radical (unpaired) electrons. The zero-order valence-electron chi connectivity index (χ0n) is 11.4. The second-order valence-electron chi connectivity index (χ2n) is 5.63. The van der Waals surface area contributed by atoms with Crippen LogP contribution in [-0.4, -0.2) is 30.5 Å². The second kappa shape index (κ2) is 4.98. The van der Waals surface area contributed by atoms with Gasteiger partial charge in [-0.25, -0.2) is 0 Å². The zero-order valence-corrected chi connectivity index (χ0v) is 11.4. The normalized spacial score (nSPS) is 22.0. The summed E-state index contributed by atoms with van der Waals surface area (Å²) in [5.41, 5.74) is -1.40. The molecule has 0 unspecified atom stereocenters. The quantitative estimate of drug-likeness (QED) is 0.865. The molecule has 0 saturated carbocycles. The molecule has 2 saturated heterocycles. The van der Waals surface area contributed by atoms with Gasteiger partial charge in [-0.1, -0.05) is 0 Å². The predicted molar refractivity (Wildman–Crippen MR) is 70.7 cm³/mol. The van der Waals surface area contributed by atoms with Crippen LogP contribution < -0.4 is 10.2 Å². The molecular weight excluding hydrogens is 283 g/mol. The zero-order chi connectivity index (χ0) is 15.1. The fraction of sp³-hybridized carbons (Fsp3) is 0.571. The van der Waals surface area contributed by atoms with E-state index in [0.717, 1.165) is 19.3 Å². The number of hydrogen-bond donors (Lipinski definition) is 1. The summed E-state index contributed by atoms with van der Waals surface area (Å²) in [6.45, 7) is 1.82. The Bertz CT molecular complexity index is 553. The maximum atomic E-state index is 13.1. The van der Waals surface area contributed by atoms with E-state index in [1.165, 1.54) is 17.2 Å². The lowest BCUT2D eigenvalue weighted by molar-refractivity contribution is -0.137. The predicted octanol–water partition coefficient (Wildman–Crippen LogP) is 2.21. The Kier molecular flexibility index (Phi) is 3.39. The minimum absolute atomic E-state index is 0.0714. The van der Waals surface area contributed by atoms with Gasteiger partial charge in [0.2, 0.25) is 5.91 Å². The monoisotopic (exact) mass is 299 g/mol. The maximum absolute atomic E-state index is 13.1. The summed E-state index contributed by atoms with van der Waals surface area (Å²) >= 11 is 0. The highest BCUT2D eigenvalue weighted by Crippen LogP contribution is 2.44. The molecule has 1 spiro atoms. The highest BCUT2D eigenvalue weighted by Gasteiger charge is 2.49. The van der Waals surface area contributed by atoms with Crippen LogP contribution in [0.25, 0.3) is 0 Å². The molecule has 2 fully saturated rings. The molecule has 0 aromatic carbocycles. The standard InChI is InChI=1S/C14H16F3N3O/c15-14(16,17)10-9-19-5-1-11(10)20-8-4-13(12(20)21)2-6-18-7-3-13/h1,5,9,18H,2-4,6-8H2. The first-order chi connectivity index (χ1) is 9.94. The lowest BCUT2D eigenvalue weighted by atomic mass is 9.77. The summed E-state index contributed by atoms with van der Waals surface area (Å²) in [7, 11) is 0. The SMILES string of the molecule is O=C1N(c2ccncc2C(F)(F)F)CCC12CCNCC2. The fourth-order valence-electron chi connectivity index (χ4n) is 3.26. The number of rotatable bonds is 1. The molecule has 2 aliphatic heterocycles. The van der Waals surface area contributed by atoms with Gasteiger partial charge in [0.25, 0.3) is 0 Å². The number of piperidine rings is 1. The van der Waals surface area contributed by atoms with E-state index in [0.29, 0.717) is 25.8 Å². The summed E-state index contributed by atoms with van der Waals surface area (Å²) in [5, 5.41) is 3.19. The first-order valence-electron chi connectivity index (χ1n) is 6.98. The van der Waals surface area contributed by atoms with Gasteiger partial charge in [0.15, 0.2) is 0 Å². The van der Waals surface area contributed by atoms with Crippen molar-refractivity contribution in [2.75, 3.05) is 24.5 Å². The van der Waals surface area contributed by atoms with Crippen molar-refractivity contribution < 1.29 is 18.0 Å². The van der Waals surface area contributed by atoms with Gasteiger partial charge < -0.3 is 10.2 Å². The van der Waals surface area contributed by atoms with Gasteiger partial charge in [-0.3, -0.25) is 9.78 Å². The van der Waals surface area contributed by atoms with Gasteiger partial charge in [-0.15, -0.1) is 0 Å². The van der Waals surface area contributed by atoms with E-state index in [-0.39, 0.29) is 11.6 Å². The summed E-state index contributed by atoms with van der Waals surface area (Å²) in [5.74, 6) is -0.180. The first kappa shape index (κ1) is 14.3. The van der Waals surface area contributed by atoms with Crippen molar-refractivity contribution in [2.45, 2.75) is 25.4 Å². The van der Waals surface area contributed by atoms with Gasteiger partial charge in [0, 0.05) is 18.9 Å². The largest absolute Gasteiger partial charge is 0.419 e. The van der Waals surface area contributed by atoms with E-state index in [4.69, 9.17) is 0 Å². The number of nitrogens with one attached hydrogen (secondary N) is 1. The number of anilines is 1. The molecule has 1 amide bonds. The van der Waals surface area contributed by atoms with Gasteiger partial charge >= 0.3 is 6.18 Å². The topological polar surface area (TPSA) is 45.2 Å². The van der Waals surface area contributed by atoms with Crippen molar-refractivity contribution in [3.05, 3.63) is 24.0 Å². The van der Waals surface area contributed by atoms with E-state index < -0.39 is 17.2 Å². The Balaban J connectivity index is 1.94. The van der Waals surface area contributed by atoms with Crippen LogP contribution in [0.15, 0.2) is 18.5 Å². The Morgan fingerprint density at radius 3 is 2.62 bits per heavy atom. The Morgan fingerprint density at radius 1 is 1.24 bits per heavy atom. The number of halogens is 3.